The Bertz CT molecular complexity index is 294. The highest BCUT2D eigenvalue weighted by molar-refractivity contribution is 7.99. The van der Waals surface area contributed by atoms with Crippen molar-refractivity contribution in [3.05, 3.63) is 11.7 Å². The zero-order valence-electron chi connectivity index (χ0n) is 7.10. The molecule has 0 radical (unpaired) electrons. The lowest BCUT2D eigenvalue weighted by molar-refractivity contribution is 0.111. The Hall–Kier alpha value is -0.840. The number of nitrogens with zero attached hydrogens (tertiary/aromatic N) is 2. The predicted octanol–water partition coefficient (Wildman–Crippen LogP) is 1.18. The summed E-state index contributed by atoms with van der Waals surface area (Å²) in [5.74, 6) is 3.78. The van der Waals surface area contributed by atoms with Crippen molar-refractivity contribution in [2.24, 2.45) is 5.92 Å². The Labute approximate surface area is 80.1 Å². The molecular weight excluding hydrogens is 188 g/mol. The Balaban J connectivity index is 1.96. The number of rotatable bonds is 3. The number of carbonyl (C=O) groups is 1. The molecule has 1 fully saturated rings. The summed E-state index contributed by atoms with van der Waals surface area (Å²) in [4.78, 5) is 14.2. The molecule has 1 aliphatic rings. The van der Waals surface area contributed by atoms with E-state index < -0.39 is 0 Å². The summed E-state index contributed by atoms with van der Waals surface area (Å²) in [6, 6.07) is 0. The van der Waals surface area contributed by atoms with Gasteiger partial charge in [-0.2, -0.15) is 16.7 Å². The molecule has 0 N–H and O–H groups in total. The number of carbonyl (C=O) groups excluding carboxylic acids is 1. The second-order valence-corrected chi connectivity index (χ2v) is 4.25. The topological polar surface area (TPSA) is 56.0 Å². The third-order valence-corrected chi connectivity index (χ3v) is 3.31. The van der Waals surface area contributed by atoms with Crippen molar-refractivity contribution in [1.82, 2.24) is 10.1 Å². The average molecular weight is 198 g/mol. The van der Waals surface area contributed by atoms with Crippen LogP contribution in [0.4, 0.5) is 0 Å². The van der Waals surface area contributed by atoms with Gasteiger partial charge in [-0.05, 0) is 23.8 Å². The molecule has 1 saturated heterocycles. The molecule has 2 rings (SSSR count). The zero-order chi connectivity index (χ0) is 9.10. The second-order valence-electron chi connectivity index (χ2n) is 3.10. The third kappa shape index (κ3) is 2.09. The first-order valence-corrected chi connectivity index (χ1v) is 5.39. The molecule has 1 aliphatic heterocycles. The van der Waals surface area contributed by atoms with Crippen molar-refractivity contribution in [3.63, 3.8) is 0 Å². The van der Waals surface area contributed by atoms with Crippen LogP contribution in [0.1, 0.15) is 22.9 Å². The molecule has 1 aromatic heterocycles. The van der Waals surface area contributed by atoms with E-state index in [9.17, 15) is 4.79 Å². The van der Waals surface area contributed by atoms with Crippen LogP contribution in [0.25, 0.3) is 0 Å². The predicted molar refractivity (Wildman–Crippen MR) is 48.8 cm³/mol. The Kier molecular flexibility index (Phi) is 2.63. The van der Waals surface area contributed by atoms with E-state index in [1.54, 1.807) is 0 Å². The fraction of sp³-hybridized carbons (Fsp3) is 0.625. The SMILES string of the molecule is O=Cc1noc(CC2CCSC2)n1. The van der Waals surface area contributed by atoms with Crippen LogP contribution in [0.5, 0.6) is 0 Å². The third-order valence-electron chi connectivity index (χ3n) is 2.08. The van der Waals surface area contributed by atoms with Gasteiger partial charge in [-0.15, -0.1) is 0 Å². The molecule has 13 heavy (non-hydrogen) atoms. The minimum Gasteiger partial charge on any atom is -0.339 e. The van der Waals surface area contributed by atoms with Gasteiger partial charge >= 0.3 is 0 Å². The van der Waals surface area contributed by atoms with Crippen molar-refractivity contribution in [2.45, 2.75) is 12.8 Å². The van der Waals surface area contributed by atoms with Crippen LogP contribution in [0.15, 0.2) is 4.52 Å². The number of aldehydes is 1. The van der Waals surface area contributed by atoms with Crippen molar-refractivity contribution in [1.29, 1.82) is 0 Å². The molecule has 0 aliphatic carbocycles. The quantitative estimate of drug-likeness (QED) is 0.682. The first-order valence-electron chi connectivity index (χ1n) is 4.24. The molecule has 4 nitrogen and oxygen atoms in total. The van der Waals surface area contributed by atoms with E-state index in [1.807, 2.05) is 11.8 Å². The fourth-order valence-electron chi connectivity index (χ4n) is 1.39. The van der Waals surface area contributed by atoms with Crippen LogP contribution in [-0.4, -0.2) is 27.9 Å². The van der Waals surface area contributed by atoms with Gasteiger partial charge in [0, 0.05) is 6.42 Å². The van der Waals surface area contributed by atoms with Gasteiger partial charge in [-0.1, -0.05) is 5.16 Å². The lowest BCUT2D eigenvalue weighted by atomic mass is 10.1. The van der Waals surface area contributed by atoms with E-state index >= 15 is 0 Å². The van der Waals surface area contributed by atoms with Crippen molar-refractivity contribution in [2.75, 3.05) is 11.5 Å². The standard InChI is InChI=1S/C8H10N2O2S/c11-4-7-9-8(12-10-7)3-6-1-2-13-5-6/h4,6H,1-3,5H2. The largest absolute Gasteiger partial charge is 0.339 e. The molecule has 0 bridgehead atoms. The maximum absolute atomic E-state index is 10.3. The number of aromatic nitrogens is 2. The molecule has 5 heteroatoms. The van der Waals surface area contributed by atoms with Crippen LogP contribution in [0.2, 0.25) is 0 Å². The minimum atomic E-state index is 0.153. The Morgan fingerprint density at radius 3 is 3.23 bits per heavy atom. The molecule has 0 aromatic carbocycles. The van der Waals surface area contributed by atoms with E-state index in [-0.39, 0.29) is 5.82 Å². The number of hydrogen-bond donors (Lipinski definition) is 0. The van der Waals surface area contributed by atoms with Gasteiger partial charge in [0.1, 0.15) is 0 Å². The minimum absolute atomic E-state index is 0.153. The summed E-state index contributed by atoms with van der Waals surface area (Å²) in [6.45, 7) is 0. The molecule has 0 saturated carbocycles. The highest BCUT2D eigenvalue weighted by Gasteiger charge is 2.18. The first kappa shape index (κ1) is 8.74. The van der Waals surface area contributed by atoms with Crippen LogP contribution in [0, 0.1) is 5.92 Å². The number of thioether (sulfide) groups is 1. The first-order chi connectivity index (χ1) is 6.38. The summed E-state index contributed by atoms with van der Waals surface area (Å²) in [6.07, 6.45) is 2.63. The van der Waals surface area contributed by atoms with E-state index in [1.165, 1.54) is 17.9 Å². The summed E-state index contributed by atoms with van der Waals surface area (Å²) >= 11 is 1.95. The fourth-order valence-corrected chi connectivity index (χ4v) is 2.67. The van der Waals surface area contributed by atoms with Crippen LogP contribution in [-0.2, 0) is 6.42 Å². The van der Waals surface area contributed by atoms with Crippen molar-refractivity contribution < 1.29 is 9.32 Å². The molecule has 1 atom stereocenters. The average Bonchev–Trinajstić information content (AvgIpc) is 2.76. The Morgan fingerprint density at radius 2 is 2.62 bits per heavy atom. The van der Waals surface area contributed by atoms with Crippen LogP contribution >= 0.6 is 11.8 Å². The highest BCUT2D eigenvalue weighted by atomic mass is 32.2. The zero-order valence-corrected chi connectivity index (χ0v) is 7.92. The summed E-state index contributed by atoms with van der Waals surface area (Å²) in [7, 11) is 0. The van der Waals surface area contributed by atoms with Crippen LogP contribution < -0.4 is 0 Å². The molecule has 2 heterocycles. The van der Waals surface area contributed by atoms with Crippen LogP contribution in [0.3, 0.4) is 0 Å². The van der Waals surface area contributed by atoms with Gasteiger partial charge in [-0.3, -0.25) is 4.79 Å². The van der Waals surface area contributed by atoms with Gasteiger partial charge in [0.15, 0.2) is 6.29 Å². The normalized spacial score (nSPS) is 22.0. The van der Waals surface area contributed by atoms with Crippen molar-refractivity contribution in [3.8, 4) is 0 Å². The van der Waals surface area contributed by atoms with Gasteiger partial charge in [0.05, 0.1) is 0 Å². The van der Waals surface area contributed by atoms with E-state index in [0.717, 1.165) is 6.42 Å². The van der Waals surface area contributed by atoms with Crippen molar-refractivity contribution >= 4 is 18.0 Å². The molecule has 1 aromatic rings. The maximum Gasteiger partial charge on any atom is 0.235 e. The smallest absolute Gasteiger partial charge is 0.235 e. The lowest BCUT2D eigenvalue weighted by Gasteiger charge is -2.01. The summed E-state index contributed by atoms with van der Waals surface area (Å²) in [5.41, 5.74) is 0. The molecule has 70 valence electrons. The summed E-state index contributed by atoms with van der Waals surface area (Å²) in [5, 5.41) is 3.52. The summed E-state index contributed by atoms with van der Waals surface area (Å²) < 4.78 is 4.92. The monoisotopic (exact) mass is 198 g/mol. The van der Waals surface area contributed by atoms with E-state index in [0.29, 0.717) is 18.1 Å². The lowest BCUT2D eigenvalue weighted by Crippen LogP contribution is -2.02. The molecule has 0 spiro atoms. The van der Waals surface area contributed by atoms with Gasteiger partial charge in [0.25, 0.3) is 0 Å². The van der Waals surface area contributed by atoms with Gasteiger partial charge < -0.3 is 4.52 Å². The number of hydrogen-bond acceptors (Lipinski definition) is 5. The maximum atomic E-state index is 10.3. The highest BCUT2D eigenvalue weighted by Crippen LogP contribution is 2.25. The molecule has 1 unspecified atom stereocenters. The van der Waals surface area contributed by atoms with E-state index in [4.69, 9.17) is 4.52 Å². The van der Waals surface area contributed by atoms with Gasteiger partial charge in [-0.25, -0.2) is 0 Å². The van der Waals surface area contributed by atoms with E-state index in [2.05, 4.69) is 10.1 Å². The van der Waals surface area contributed by atoms with Gasteiger partial charge in [0.2, 0.25) is 11.7 Å². The Morgan fingerprint density at radius 1 is 1.69 bits per heavy atom. The molecule has 0 amide bonds. The molecular formula is C8H10N2O2S. The second kappa shape index (κ2) is 3.91.